The molecule has 0 aliphatic rings. The van der Waals surface area contributed by atoms with E-state index in [-0.39, 0.29) is 6.42 Å². The van der Waals surface area contributed by atoms with Crippen LogP contribution in [0.5, 0.6) is 0 Å². The van der Waals surface area contributed by atoms with Gasteiger partial charge in [0, 0.05) is 10.9 Å². The zero-order valence-corrected chi connectivity index (χ0v) is 14.8. The number of carboxylic acids is 1. The number of halogens is 2. The molecule has 0 amide bonds. The normalized spacial score (nSPS) is 11.8. The van der Waals surface area contributed by atoms with Crippen LogP contribution in [0.3, 0.4) is 0 Å². The van der Waals surface area contributed by atoms with Gasteiger partial charge >= 0.3 is 5.97 Å². The zero-order chi connectivity index (χ0) is 14.9. The first-order chi connectivity index (χ1) is 9.27. The first-order valence-corrected chi connectivity index (χ1v) is 8.16. The lowest BCUT2D eigenvalue weighted by atomic mass is 9.86. The molecule has 8 heteroatoms. The van der Waals surface area contributed by atoms with Crippen molar-refractivity contribution in [2.45, 2.75) is 26.7 Å². The van der Waals surface area contributed by atoms with Crippen LogP contribution in [0.4, 0.5) is 0 Å². The summed E-state index contributed by atoms with van der Waals surface area (Å²) in [7, 11) is 0. The van der Waals surface area contributed by atoms with Crippen molar-refractivity contribution < 1.29 is 14.3 Å². The van der Waals surface area contributed by atoms with E-state index in [4.69, 9.17) is 9.52 Å². The van der Waals surface area contributed by atoms with Crippen LogP contribution in [0.25, 0.3) is 10.8 Å². The van der Waals surface area contributed by atoms with Crippen LogP contribution >= 0.6 is 43.2 Å². The van der Waals surface area contributed by atoms with Crippen molar-refractivity contribution in [1.82, 2.24) is 10.2 Å². The molecule has 2 aromatic heterocycles. The predicted molar refractivity (Wildman–Crippen MR) is 82.7 cm³/mol. The summed E-state index contributed by atoms with van der Waals surface area (Å²) in [6.45, 7) is 3.73. The minimum Gasteiger partial charge on any atom is -0.481 e. The number of hydrogen-bond donors (Lipinski definition) is 1. The van der Waals surface area contributed by atoms with Crippen LogP contribution in [0.15, 0.2) is 18.7 Å². The Bertz CT molecular complexity index is 617. The Hall–Kier alpha value is -0.730. The van der Waals surface area contributed by atoms with Gasteiger partial charge in [0.2, 0.25) is 5.89 Å². The highest BCUT2D eigenvalue weighted by Gasteiger charge is 2.25. The quantitative estimate of drug-likeness (QED) is 0.772. The average molecular weight is 424 g/mol. The summed E-state index contributed by atoms with van der Waals surface area (Å²) in [6.07, 6.45) is 0.487. The lowest BCUT2D eigenvalue weighted by molar-refractivity contribution is -0.139. The van der Waals surface area contributed by atoms with Crippen molar-refractivity contribution in [3.63, 3.8) is 0 Å². The van der Waals surface area contributed by atoms with E-state index in [0.717, 1.165) is 13.1 Å². The van der Waals surface area contributed by atoms with Gasteiger partial charge in [-0.15, -0.1) is 21.5 Å². The molecule has 0 unspecified atom stereocenters. The summed E-state index contributed by atoms with van der Waals surface area (Å²) in [5, 5.41) is 16.9. The minimum absolute atomic E-state index is 0.0564. The summed E-state index contributed by atoms with van der Waals surface area (Å²) < 4.78 is 7.50. The summed E-state index contributed by atoms with van der Waals surface area (Å²) in [6, 6.07) is 1.90. The lowest BCUT2D eigenvalue weighted by Crippen LogP contribution is -2.19. The Morgan fingerprint density at radius 1 is 1.45 bits per heavy atom. The number of rotatable bonds is 5. The predicted octanol–water partition coefficient (Wildman–Crippen LogP) is 4.37. The molecule has 0 saturated heterocycles. The van der Waals surface area contributed by atoms with Crippen molar-refractivity contribution in [2.75, 3.05) is 0 Å². The summed E-state index contributed by atoms with van der Waals surface area (Å²) in [4.78, 5) is 11.7. The average Bonchev–Trinajstić information content (AvgIpc) is 2.84. The molecular formula is C12H12Br2N2O3S. The summed E-state index contributed by atoms with van der Waals surface area (Å²) in [5.74, 6) is 0.0651. The van der Waals surface area contributed by atoms with Gasteiger partial charge in [0.15, 0.2) is 0 Å². The van der Waals surface area contributed by atoms with Crippen LogP contribution in [0, 0.1) is 5.41 Å². The molecule has 2 rings (SSSR count). The molecule has 0 spiro atoms. The van der Waals surface area contributed by atoms with E-state index in [1.165, 1.54) is 11.3 Å². The number of hydrogen-bond acceptors (Lipinski definition) is 5. The number of carboxylic acid groups (broad SMARTS) is 1. The maximum atomic E-state index is 10.8. The molecule has 2 aromatic rings. The van der Waals surface area contributed by atoms with Gasteiger partial charge in [0.1, 0.15) is 0 Å². The fourth-order valence-corrected chi connectivity index (χ4v) is 3.71. The monoisotopic (exact) mass is 422 g/mol. The van der Waals surface area contributed by atoms with Gasteiger partial charge in [-0.2, -0.15) is 0 Å². The Morgan fingerprint density at radius 3 is 2.70 bits per heavy atom. The van der Waals surface area contributed by atoms with Gasteiger partial charge in [0.25, 0.3) is 5.89 Å². The highest BCUT2D eigenvalue weighted by Crippen LogP contribution is 2.38. The van der Waals surface area contributed by atoms with E-state index < -0.39 is 11.4 Å². The first-order valence-electron chi connectivity index (χ1n) is 5.76. The molecule has 0 fully saturated rings. The molecule has 0 aliphatic heterocycles. The third-order valence-electron chi connectivity index (χ3n) is 2.58. The van der Waals surface area contributed by atoms with Crippen LogP contribution in [-0.4, -0.2) is 21.3 Å². The standard InChI is InChI=1S/C12H12Br2N2O3S/c1-12(2,5-9(17)18)4-8-15-16-11(19-8)7-3-6(13)10(14)20-7/h3H,4-5H2,1-2H3,(H,17,18). The van der Waals surface area contributed by atoms with Gasteiger partial charge in [0.05, 0.1) is 15.1 Å². The summed E-state index contributed by atoms with van der Waals surface area (Å²) in [5.41, 5.74) is -0.424. The van der Waals surface area contributed by atoms with E-state index in [1.54, 1.807) is 0 Å². The molecule has 0 atom stereocenters. The van der Waals surface area contributed by atoms with Crippen LogP contribution in [0.1, 0.15) is 26.2 Å². The largest absolute Gasteiger partial charge is 0.481 e. The number of aliphatic carboxylic acids is 1. The fourth-order valence-electron chi connectivity index (χ4n) is 1.76. The van der Waals surface area contributed by atoms with Gasteiger partial charge in [-0.1, -0.05) is 13.8 Å². The van der Waals surface area contributed by atoms with E-state index in [1.807, 2.05) is 19.9 Å². The third kappa shape index (κ3) is 3.89. The Balaban J connectivity index is 2.15. The third-order valence-corrected chi connectivity index (χ3v) is 5.83. The zero-order valence-electron chi connectivity index (χ0n) is 10.8. The molecule has 0 aromatic carbocycles. The van der Waals surface area contributed by atoms with E-state index in [2.05, 4.69) is 42.1 Å². The van der Waals surface area contributed by atoms with E-state index in [0.29, 0.717) is 18.2 Å². The van der Waals surface area contributed by atoms with Crippen LogP contribution < -0.4 is 0 Å². The highest BCUT2D eigenvalue weighted by molar-refractivity contribution is 9.13. The SMILES string of the molecule is CC(C)(CC(=O)O)Cc1nnc(-c2cc(Br)c(Br)s2)o1. The molecule has 20 heavy (non-hydrogen) atoms. The maximum absolute atomic E-state index is 10.8. The van der Waals surface area contributed by atoms with Crippen molar-refractivity contribution in [3.8, 4) is 10.8 Å². The molecule has 5 nitrogen and oxygen atoms in total. The molecule has 1 N–H and O–H groups in total. The first kappa shape index (κ1) is 15.7. The van der Waals surface area contributed by atoms with Crippen molar-refractivity contribution >= 4 is 49.2 Å². The second kappa shape index (κ2) is 5.95. The van der Waals surface area contributed by atoms with Gasteiger partial charge in [-0.05, 0) is 43.3 Å². The van der Waals surface area contributed by atoms with Gasteiger partial charge in [-0.25, -0.2) is 0 Å². The minimum atomic E-state index is -0.833. The summed E-state index contributed by atoms with van der Waals surface area (Å²) >= 11 is 8.31. The number of nitrogens with zero attached hydrogens (tertiary/aromatic N) is 2. The fraction of sp³-hybridized carbons (Fsp3) is 0.417. The molecule has 0 saturated carbocycles. The smallest absolute Gasteiger partial charge is 0.303 e. The molecule has 0 aliphatic carbocycles. The van der Waals surface area contributed by atoms with Gasteiger partial charge < -0.3 is 9.52 Å². The second-order valence-corrected chi connectivity index (χ2v) is 8.37. The molecule has 0 bridgehead atoms. The number of carbonyl (C=O) groups is 1. The maximum Gasteiger partial charge on any atom is 0.303 e. The Kier molecular flexibility index (Phi) is 4.66. The second-order valence-electron chi connectivity index (χ2n) is 5.14. The van der Waals surface area contributed by atoms with E-state index in [9.17, 15) is 4.79 Å². The van der Waals surface area contributed by atoms with Crippen LogP contribution in [-0.2, 0) is 11.2 Å². The van der Waals surface area contributed by atoms with Crippen molar-refractivity contribution in [2.24, 2.45) is 5.41 Å². The van der Waals surface area contributed by atoms with Crippen molar-refractivity contribution in [1.29, 1.82) is 0 Å². The lowest BCUT2D eigenvalue weighted by Gasteiger charge is -2.19. The van der Waals surface area contributed by atoms with E-state index >= 15 is 0 Å². The van der Waals surface area contributed by atoms with Crippen LogP contribution in [0.2, 0.25) is 0 Å². The highest BCUT2D eigenvalue weighted by atomic mass is 79.9. The molecule has 0 radical (unpaired) electrons. The molecule has 108 valence electrons. The Morgan fingerprint density at radius 2 is 2.15 bits per heavy atom. The van der Waals surface area contributed by atoms with Crippen molar-refractivity contribution in [3.05, 3.63) is 20.2 Å². The topological polar surface area (TPSA) is 76.2 Å². The Labute approximate surface area is 136 Å². The number of aromatic nitrogens is 2. The molecule has 2 heterocycles. The number of thiophene rings is 1. The van der Waals surface area contributed by atoms with Gasteiger partial charge in [-0.3, -0.25) is 4.79 Å². The molecular weight excluding hydrogens is 412 g/mol.